The maximum atomic E-state index is 12.1. The Morgan fingerprint density at radius 2 is 1.81 bits per heavy atom. The van der Waals surface area contributed by atoms with E-state index in [0.29, 0.717) is 5.69 Å². The summed E-state index contributed by atoms with van der Waals surface area (Å²) in [5.41, 5.74) is 5.40. The third kappa shape index (κ3) is 5.02. The number of carbonyl (C=O) groups excluding carboxylic acids is 3. The first-order chi connectivity index (χ1) is 12.7. The standard InChI is InChI=1S/C17H14ClN3O6/c1-9(16(23)20-11-4-2-10(3-5-11)15(19)22)27-17(24)13-7-6-12(21(25)26)8-14(13)18/h2-9H,1H3,(H2,19,22)(H,20,23)/t9-/m1/s1. The number of halogens is 1. The Balaban J connectivity index is 2.02. The summed E-state index contributed by atoms with van der Waals surface area (Å²) < 4.78 is 5.03. The van der Waals surface area contributed by atoms with Crippen molar-refractivity contribution in [3.63, 3.8) is 0 Å². The summed E-state index contributed by atoms with van der Waals surface area (Å²) in [4.78, 5) is 45.3. The van der Waals surface area contributed by atoms with Crippen LogP contribution in [0.4, 0.5) is 11.4 Å². The van der Waals surface area contributed by atoms with E-state index in [9.17, 15) is 24.5 Å². The van der Waals surface area contributed by atoms with Gasteiger partial charge in [0.15, 0.2) is 6.10 Å². The largest absolute Gasteiger partial charge is 0.449 e. The van der Waals surface area contributed by atoms with Crippen molar-refractivity contribution in [3.05, 3.63) is 68.7 Å². The number of nitrogens with two attached hydrogens (primary N) is 1. The first-order valence-corrected chi connectivity index (χ1v) is 7.92. The highest BCUT2D eigenvalue weighted by atomic mass is 35.5. The molecule has 3 N–H and O–H groups in total. The molecule has 0 heterocycles. The van der Waals surface area contributed by atoms with Gasteiger partial charge in [-0.15, -0.1) is 0 Å². The number of carbonyl (C=O) groups is 3. The number of nitro groups is 1. The van der Waals surface area contributed by atoms with E-state index < -0.39 is 28.8 Å². The quantitative estimate of drug-likeness (QED) is 0.440. The number of rotatable bonds is 6. The Labute approximate surface area is 158 Å². The predicted octanol–water partition coefficient (Wildman–Crippen LogP) is 2.53. The number of hydrogen-bond donors (Lipinski definition) is 2. The number of amides is 2. The van der Waals surface area contributed by atoms with E-state index in [1.54, 1.807) is 0 Å². The van der Waals surface area contributed by atoms with Crippen LogP contribution in [0.5, 0.6) is 0 Å². The number of primary amides is 1. The Kier molecular flexibility index (Phi) is 6.09. The fraction of sp³-hybridized carbons (Fsp3) is 0.118. The summed E-state index contributed by atoms with van der Waals surface area (Å²) in [6.07, 6.45) is -1.17. The van der Waals surface area contributed by atoms with Crippen molar-refractivity contribution >= 4 is 40.8 Å². The summed E-state index contributed by atoms with van der Waals surface area (Å²) in [7, 11) is 0. The normalized spacial score (nSPS) is 11.3. The molecule has 2 amide bonds. The molecule has 2 aromatic rings. The van der Waals surface area contributed by atoms with Gasteiger partial charge in [0, 0.05) is 23.4 Å². The van der Waals surface area contributed by atoms with Crippen LogP contribution in [0, 0.1) is 10.1 Å². The highest BCUT2D eigenvalue weighted by molar-refractivity contribution is 6.33. The molecule has 0 unspecified atom stereocenters. The van der Waals surface area contributed by atoms with Gasteiger partial charge in [0.05, 0.1) is 15.5 Å². The third-order valence-corrected chi connectivity index (χ3v) is 3.79. The molecule has 2 aromatic carbocycles. The van der Waals surface area contributed by atoms with Crippen LogP contribution in [0.2, 0.25) is 5.02 Å². The lowest BCUT2D eigenvalue weighted by Crippen LogP contribution is -2.30. The Bertz CT molecular complexity index is 913. The van der Waals surface area contributed by atoms with Crippen molar-refractivity contribution in [1.82, 2.24) is 0 Å². The highest BCUT2D eigenvalue weighted by Crippen LogP contribution is 2.23. The molecule has 0 aromatic heterocycles. The van der Waals surface area contributed by atoms with Crippen LogP contribution in [0.15, 0.2) is 42.5 Å². The highest BCUT2D eigenvalue weighted by Gasteiger charge is 2.22. The first kappa shape index (κ1) is 19.9. The van der Waals surface area contributed by atoms with Crippen LogP contribution in [0.1, 0.15) is 27.6 Å². The second-order valence-electron chi connectivity index (χ2n) is 5.40. The average Bonchev–Trinajstić information content (AvgIpc) is 2.61. The Morgan fingerprint density at radius 1 is 1.19 bits per heavy atom. The van der Waals surface area contributed by atoms with E-state index in [-0.39, 0.29) is 21.8 Å². The molecule has 0 bridgehead atoms. The fourth-order valence-electron chi connectivity index (χ4n) is 2.02. The zero-order valence-electron chi connectivity index (χ0n) is 14.0. The second-order valence-corrected chi connectivity index (χ2v) is 5.81. The summed E-state index contributed by atoms with van der Waals surface area (Å²) in [6.45, 7) is 1.35. The molecule has 0 aliphatic heterocycles. The average molecular weight is 392 g/mol. The number of hydrogen-bond acceptors (Lipinski definition) is 6. The van der Waals surface area contributed by atoms with Crippen LogP contribution in [0.25, 0.3) is 0 Å². The van der Waals surface area contributed by atoms with Crippen LogP contribution in [-0.4, -0.2) is 28.8 Å². The van der Waals surface area contributed by atoms with Gasteiger partial charge in [-0.2, -0.15) is 0 Å². The summed E-state index contributed by atoms with van der Waals surface area (Å²) >= 11 is 5.86. The minimum absolute atomic E-state index is 0.104. The number of non-ortho nitro benzene ring substituents is 1. The molecular weight excluding hydrogens is 378 g/mol. The Hall–Kier alpha value is -3.46. The minimum atomic E-state index is -1.17. The summed E-state index contributed by atoms with van der Waals surface area (Å²) in [6, 6.07) is 9.09. The van der Waals surface area contributed by atoms with E-state index in [1.807, 2.05) is 0 Å². The third-order valence-electron chi connectivity index (χ3n) is 3.47. The maximum Gasteiger partial charge on any atom is 0.340 e. The van der Waals surface area contributed by atoms with Gasteiger partial charge in [0.1, 0.15) is 0 Å². The molecule has 0 aliphatic rings. The van der Waals surface area contributed by atoms with E-state index in [0.717, 1.165) is 18.2 Å². The van der Waals surface area contributed by atoms with Gasteiger partial charge in [0.25, 0.3) is 11.6 Å². The number of anilines is 1. The van der Waals surface area contributed by atoms with Crippen LogP contribution in [0.3, 0.4) is 0 Å². The number of ether oxygens (including phenoxy) is 1. The SMILES string of the molecule is C[C@@H](OC(=O)c1ccc([N+](=O)[O-])cc1Cl)C(=O)Nc1ccc(C(N)=O)cc1. The van der Waals surface area contributed by atoms with E-state index in [2.05, 4.69) is 5.32 Å². The number of nitrogens with one attached hydrogen (secondary N) is 1. The zero-order valence-corrected chi connectivity index (χ0v) is 14.7. The van der Waals surface area contributed by atoms with Crippen molar-refractivity contribution in [2.24, 2.45) is 5.73 Å². The molecule has 140 valence electrons. The predicted molar refractivity (Wildman–Crippen MR) is 96.6 cm³/mol. The van der Waals surface area contributed by atoms with Gasteiger partial charge in [0.2, 0.25) is 5.91 Å². The van der Waals surface area contributed by atoms with E-state index >= 15 is 0 Å². The van der Waals surface area contributed by atoms with E-state index in [4.69, 9.17) is 22.1 Å². The van der Waals surface area contributed by atoms with E-state index in [1.165, 1.54) is 31.2 Å². The van der Waals surface area contributed by atoms with Crippen molar-refractivity contribution in [2.75, 3.05) is 5.32 Å². The zero-order chi connectivity index (χ0) is 20.1. The van der Waals surface area contributed by atoms with Crippen molar-refractivity contribution < 1.29 is 24.0 Å². The number of esters is 1. The topological polar surface area (TPSA) is 142 Å². The van der Waals surface area contributed by atoms with Crippen molar-refractivity contribution in [3.8, 4) is 0 Å². The van der Waals surface area contributed by atoms with Gasteiger partial charge in [-0.1, -0.05) is 11.6 Å². The van der Waals surface area contributed by atoms with Gasteiger partial charge < -0.3 is 15.8 Å². The molecule has 10 heteroatoms. The molecule has 0 radical (unpaired) electrons. The lowest BCUT2D eigenvalue weighted by molar-refractivity contribution is -0.384. The lowest BCUT2D eigenvalue weighted by Gasteiger charge is -2.14. The first-order valence-electron chi connectivity index (χ1n) is 7.54. The van der Waals surface area contributed by atoms with Crippen LogP contribution >= 0.6 is 11.6 Å². The maximum absolute atomic E-state index is 12.1. The minimum Gasteiger partial charge on any atom is -0.449 e. The molecule has 9 nitrogen and oxygen atoms in total. The smallest absolute Gasteiger partial charge is 0.340 e. The van der Waals surface area contributed by atoms with Gasteiger partial charge in [-0.25, -0.2) is 4.79 Å². The van der Waals surface area contributed by atoms with Crippen molar-refractivity contribution in [1.29, 1.82) is 0 Å². The van der Waals surface area contributed by atoms with Gasteiger partial charge in [-0.05, 0) is 37.3 Å². The van der Waals surface area contributed by atoms with Gasteiger partial charge >= 0.3 is 5.97 Å². The number of benzene rings is 2. The van der Waals surface area contributed by atoms with Gasteiger partial charge in [-0.3, -0.25) is 19.7 Å². The molecule has 0 spiro atoms. The fourth-order valence-corrected chi connectivity index (χ4v) is 2.27. The lowest BCUT2D eigenvalue weighted by atomic mass is 10.2. The van der Waals surface area contributed by atoms with Crippen LogP contribution in [-0.2, 0) is 9.53 Å². The molecule has 0 saturated carbocycles. The summed E-state index contributed by atoms with van der Waals surface area (Å²) in [5, 5.41) is 13.0. The molecular formula is C17H14ClN3O6. The molecule has 0 saturated heterocycles. The molecule has 0 fully saturated rings. The molecule has 2 rings (SSSR count). The number of nitro benzene ring substituents is 1. The summed E-state index contributed by atoms with van der Waals surface area (Å²) in [5.74, 6) is -2.12. The second kappa shape index (κ2) is 8.28. The molecule has 0 aliphatic carbocycles. The molecule has 27 heavy (non-hydrogen) atoms. The van der Waals surface area contributed by atoms with Crippen LogP contribution < -0.4 is 11.1 Å². The molecule has 1 atom stereocenters. The monoisotopic (exact) mass is 391 g/mol. The van der Waals surface area contributed by atoms with Crippen molar-refractivity contribution in [2.45, 2.75) is 13.0 Å². The Morgan fingerprint density at radius 3 is 2.33 bits per heavy atom. The number of nitrogens with zero attached hydrogens (tertiary/aromatic N) is 1.